The quantitative estimate of drug-likeness (QED) is 0.651. The molecule has 1 aliphatic rings. The molecule has 1 saturated heterocycles. The summed E-state index contributed by atoms with van der Waals surface area (Å²) in [6.45, 7) is 4.54. The van der Waals surface area contributed by atoms with Gasteiger partial charge in [-0.15, -0.1) is 0 Å². The SMILES string of the molecule is Cc1c(N2CCC(C)C(O)C2)cc(C(=O)O)cc1[N+](=O)[O-]. The summed E-state index contributed by atoms with van der Waals surface area (Å²) in [6.07, 6.45) is 0.233. The number of β-amino-alcohol motifs (C(OH)–C–C–N with tert-alkyl or cyclic N) is 1. The largest absolute Gasteiger partial charge is 0.478 e. The molecule has 0 aliphatic carbocycles. The number of nitrogens with zero attached hydrogens (tertiary/aromatic N) is 2. The summed E-state index contributed by atoms with van der Waals surface area (Å²) in [6, 6.07) is 2.51. The Balaban J connectivity index is 2.47. The minimum absolute atomic E-state index is 0.115. The van der Waals surface area contributed by atoms with E-state index in [-0.39, 0.29) is 17.2 Å². The Hall–Kier alpha value is -2.15. The van der Waals surface area contributed by atoms with Gasteiger partial charge in [0.25, 0.3) is 5.69 Å². The molecule has 0 spiro atoms. The molecule has 0 saturated carbocycles. The van der Waals surface area contributed by atoms with Gasteiger partial charge in [-0.3, -0.25) is 10.1 Å². The van der Waals surface area contributed by atoms with Crippen LogP contribution in [0.3, 0.4) is 0 Å². The van der Waals surface area contributed by atoms with Crippen molar-refractivity contribution in [2.75, 3.05) is 18.0 Å². The predicted octanol–water partition coefficient (Wildman–Crippen LogP) is 1.81. The van der Waals surface area contributed by atoms with Crippen LogP contribution in [0.1, 0.15) is 29.3 Å². The molecule has 0 aromatic heterocycles. The number of benzene rings is 1. The molecule has 1 aromatic rings. The summed E-state index contributed by atoms with van der Waals surface area (Å²) in [4.78, 5) is 23.5. The highest BCUT2D eigenvalue weighted by molar-refractivity contribution is 5.90. The van der Waals surface area contributed by atoms with Gasteiger partial charge in [-0.2, -0.15) is 0 Å². The lowest BCUT2D eigenvalue weighted by molar-refractivity contribution is -0.385. The van der Waals surface area contributed by atoms with Gasteiger partial charge in [0, 0.05) is 24.8 Å². The van der Waals surface area contributed by atoms with Crippen molar-refractivity contribution < 1.29 is 19.9 Å². The van der Waals surface area contributed by atoms with Crippen molar-refractivity contribution in [1.29, 1.82) is 0 Å². The number of aromatic carboxylic acids is 1. The molecule has 2 rings (SSSR count). The van der Waals surface area contributed by atoms with Crippen LogP contribution in [-0.4, -0.2) is 40.3 Å². The molecule has 0 bridgehead atoms. The summed E-state index contributed by atoms with van der Waals surface area (Å²) < 4.78 is 0. The molecule has 1 fully saturated rings. The van der Waals surface area contributed by atoms with E-state index in [9.17, 15) is 20.0 Å². The lowest BCUT2D eigenvalue weighted by Gasteiger charge is -2.36. The van der Waals surface area contributed by atoms with E-state index >= 15 is 0 Å². The van der Waals surface area contributed by atoms with Crippen LogP contribution in [0.15, 0.2) is 12.1 Å². The summed E-state index contributed by atoms with van der Waals surface area (Å²) in [5.74, 6) is -1.04. The molecular weight excluding hydrogens is 276 g/mol. The zero-order chi connectivity index (χ0) is 15.7. The monoisotopic (exact) mass is 294 g/mol. The summed E-state index contributed by atoms with van der Waals surface area (Å²) in [5.41, 5.74) is 0.604. The number of hydrogen-bond donors (Lipinski definition) is 2. The number of aliphatic hydroxyl groups excluding tert-OH is 1. The fraction of sp³-hybridized carbons (Fsp3) is 0.500. The van der Waals surface area contributed by atoms with Crippen molar-refractivity contribution in [2.24, 2.45) is 5.92 Å². The highest BCUT2D eigenvalue weighted by Gasteiger charge is 2.28. The number of rotatable bonds is 3. The van der Waals surface area contributed by atoms with E-state index in [1.165, 1.54) is 6.07 Å². The number of nitro groups is 1. The molecule has 0 amide bonds. The van der Waals surface area contributed by atoms with Crippen LogP contribution in [0.5, 0.6) is 0 Å². The normalized spacial score (nSPS) is 22.1. The average molecular weight is 294 g/mol. The topological polar surface area (TPSA) is 104 Å². The van der Waals surface area contributed by atoms with Crippen LogP contribution in [0.4, 0.5) is 11.4 Å². The number of hydrogen-bond acceptors (Lipinski definition) is 5. The van der Waals surface area contributed by atoms with Crippen molar-refractivity contribution in [3.05, 3.63) is 33.4 Å². The van der Waals surface area contributed by atoms with E-state index in [2.05, 4.69) is 0 Å². The van der Waals surface area contributed by atoms with Gasteiger partial charge in [-0.05, 0) is 25.3 Å². The Morgan fingerprint density at radius 3 is 2.67 bits per heavy atom. The summed E-state index contributed by atoms with van der Waals surface area (Å²) in [5, 5.41) is 30.2. The molecule has 114 valence electrons. The number of nitro benzene ring substituents is 1. The van der Waals surface area contributed by atoms with Crippen LogP contribution >= 0.6 is 0 Å². The van der Waals surface area contributed by atoms with Crippen LogP contribution in [0.2, 0.25) is 0 Å². The highest BCUT2D eigenvalue weighted by Crippen LogP contribution is 2.33. The summed E-state index contributed by atoms with van der Waals surface area (Å²) in [7, 11) is 0. The maximum absolute atomic E-state index is 11.1. The fourth-order valence-electron chi connectivity index (χ4n) is 2.59. The van der Waals surface area contributed by atoms with Crippen molar-refractivity contribution in [1.82, 2.24) is 0 Å². The lowest BCUT2D eigenvalue weighted by Crippen LogP contribution is -2.43. The van der Waals surface area contributed by atoms with Crippen molar-refractivity contribution in [2.45, 2.75) is 26.4 Å². The standard InChI is InChI=1S/C14H18N2O5/c1-8-3-4-15(7-13(8)17)11-5-10(14(18)19)6-12(9(11)2)16(20)21/h5-6,8,13,17H,3-4,7H2,1-2H3,(H,18,19). The van der Waals surface area contributed by atoms with E-state index in [1.54, 1.807) is 6.92 Å². The van der Waals surface area contributed by atoms with Gasteiger partial charge in [0.2, 0.25) is 0 Å². The van der Waals surface area contributed by atoms with Crippen molar-refractivity contribution >= 4 is 17.3 Å². The maximum Gasteiger partial charge on any atom is 0.336 e. The van der Waals surface area contributed by atoms with E-state index in [0.717, 1.165) is 12.5 Å². The number of piperidine rings is 1. The van der Waals surface area contributed by atoms with Gasteiger partial charge in [-0.1, -0.05) is 6.92 Å². The lowest BCUT2D eigenvalue weighted by atomic mass is 9.94. The van der Waals surface area contributed by atoms with Crippen molar-refractivity contribution in [3.8, 4) is 0 Å². The first-order chi connectivity index (χ1) is 9.81. The molecule has 1 aromatic carbocycles. The molecule has 2 atom stereocenters. The number of carboxylic acids is 1. The van der Waals surface area contributed by atoms with Gasteiger partial charge in [0.05, 0.1) is 22.2 Å². The van der Waals surface area contributed by atoms with Gasteiger partial charge in [0.1, 0.15) is 0 Å². The third-order valence-electron chi connectivity index (χ3n) is 4.06. The zero-order valence-corrected chi connectivity index (χ0v) is 11.9. The maximum atomic E-state index is 11.1. The third-order valence-corrected chi connectivity index (χ3v) is 4.06. The smallest absolute Gasteiger partial charge is 0.336 e. The molecule has 2 unspecified atom stereocenters. The molecule has 7 nitrogen and oxygen atoms in total. The van der Waals surface area contributed by atoms with Crippen LogP contribution in [0, 0.1) is 23.0 Å². The molecule has 0 radical (unpaired) electrons. The third kappa shape index (κ3) is 2.97. The predicted molar refractivity (Wildman–Crippen MR) is 76.8 cm³/mol. The molecule has 2 N–H and O–H groups in total. The zero-order valence-electron chi connectivity index (χ0n) is 11.9. The minimum atomic E-state index is -1.20. The highest BCUT2D eigenvalue weighted by atomic mass is 16.6. The molecule has 1 aliphatic heterocycles. The second kappa shape index (κ2) is 5.69. The van der Waals surface area contributed by atoms with Gasteiger partial charge in [-0.25, -0.2) is 4.79 Å². The Morgan fingerprint density at radius 2 is 2.14 bits per heavy atom. The van der Waals surface area contributed by atoms with Crippen LogP contribution < -0.4 is 4.90 Å². The van der Waals surface area contributed by atoms with Gasteiger partial charge < -0.3 is 15.1 Å². The molecular formula is C14H18N2O5. The Kier molecular flexibility index (Phi) is 4.13. The van der Waals surface area contributed by atoms with Crippen LogP contribution in [0.25, 0.3) is 0 Å². The van der Waals surface area contributed by atoms with E-state index < -0.39 is 17.0 Å². The van der Waals surface area contributed by atoms with E-state index in [0.29, 0.717) is 24.3 Å². The second-order valence-electron chi connectivity index (χ2n) is 5.48. The number of anilines is 1. The Bertz CT molecular complexity index is 587. The second-order valence-corrected chi connectivity index (χ2v) is 5.48. The number of carbonyl (C=O) groups is 1. The molecule has 7 heteroatoms. The van der Waals surface area contributed by atoms with Crippen molar-refractivity contribution in [3.63, 3.8) is 0 Å². The van der Waals surface area contributed by atoms with Gasteiger partial charge in [0.15, 0.2) is 0 Å². The average Bonchev–Trinajstić information content (AvgIpc) is 2.41. The Morgan fingerprint density at radius 1 is 1.48 bits per heavy atom. The van der Waals surface area contributed by atoms with Gasteiger partial charge >= 0.3 is 5.97 Å². The minimum Gasteiger partial charge on any atom is -0.478 e. The number of aliphatic hydroxyl groups is 1. The fourth-order valence-corrected chi connectivity index (χ4v) is 2.59. The molecule has 21 heavy (non-hydrogen) atoms. The summed E-state index contributed by atoms with van der Waals surface area (Å²) >= 11 is 0. The Labute approximate surface area is 122 Å². The van der Waals surface area contributed by atoms with Crippen LogP contribution in [-0.2, 0) is 0 Å². The van der Waals surface area contributed by atoms with E-state index in [4.69, 9.17) is 5.11 Å². The first-order valence-corrected chi connectivity index (χ1v) is 6.76. The first kappa shape index (κ1) is 15.2. The molecule has 1 heterocycles. The van der Waals surface area contributed by atoms with E-state index in [1.807, 2.05) is 11.8 Å². The number of carboxylic acid groups (broad SMARTS) is 1. The first-order valence-electron chi connectivity index (χ1n) is 6.76.